The van der Waals surface area contributed by atoms with Crippen molar-refractivity contribution in [2.24, 2.45) is 28.6 Å². The minimum atomic E-state index is -2.02. The van der Waals surface area contributed by atoms with E-state index in [9.17, 15) is 24.9 Å². The first-order valence-corrected chi connectivity index (χ1v) is 10.1. The Balaban J connectivity index is 1.88. The van der Waals surface area contributed by atoms with Crippen LogP contribution < -0.4 is 0 Å². The van der Waals surface area contributed by atoms with Gasteiger partial charge in [-0.15, -0.1) is 11.6 Å². The van der Waals surface area contributed by atoms with Crippen LogP contribution in [0.2, 0.25) is 0 Å². The summed E-state index contributed by atoms with van der Waals surface area (Å²) >= 11 is 7.16. The van der Waals surface area contributed by atoms with E-state index in [0.29, 0.717) is 6.42 Å². The lowest BCUT2D eigenvalue weighted by Gasteiger charge is -2.64. The number of rotatable bonds is 1. The Kier molecular flexibility index (Phi) is 4.06. The summed E-state index contributed by atoms with van der Waals surface area (Å²) in [5, 5.41) is 32.2. The van der Waals surface area contributed by atoms with Crippen LogP contribution in [0, 0.1) is 28.6 Å². The average molecular weight is 413 g/mol. The fraction of sp³-hybridized carbons (Fsp3) is 0.714. The summed E-state index contributed by atoms with van der Waals surface area (Å²) in [6, 6.07) is 0. The van der Waals surface area contributed by atoms with Crippen molar-refractivity contribution in [3.63, 3.8) is 0 Å². The number of allylic oxidation sites excluding steroid dienone is 4. The number of carbonyl (C=O) groups excluding carboxylic acids is 1. The van der Waals surface area contributed by atoms with Crippen LogP contribution in [0.25, 0.3) is 0 Å². The Morgan fingerprint density at radius 3 is 2.54 bits per heavy atom. The van der Waals surface area contributed by atoms with Gasteiger partial charge >= 0.3 is 5.97 Å². The molecule has 4 rings (SSSR count). The van der Waals surface area contributed by atoms with Crippen LogP contribution in [0.5, 0.6) is 0 Å². The highest BCUT2D eigenvalue weighted by molar-refractivity contribution is 6.26. The molecule has 3 saturated carbocycles. The number of carbonyl (C=O) groups is 2. The molecule has 3 N–H and O–H groups in total. The summed E-state index contributed by atoms with van der Waals surface area (Å²) in [6.07, 6.45) is 2.00. The minimum absolute atomic E-state index is 0.00752. The topological polar surface area (TPSA) is 94.8 Å². The van der Waals surface area contributed by atoms with Gasteiger partial charge in [0.15, 0.2) is 11.4 Å². The van der Waals surface area contributed by atoms with Gasteiger partial charge in [0, 0.05) is 10.8 Å². The molecule has 0 aromatic carbocycles. The van der Waals surface area contributed by atoms with Gasteiger partial charge in [0.05, 0.1) is 11.0 Å². The first kappa shape index (κ1) is 20.0. The third kappa shape index (κ3) is 1.99. The molecule has 0 saturated heterocycles. The van der Waals surface area contributed by atoms with E-state index < -0.39 is 51.4 Å². The Labute approximate surface area is 168 Å². The minimum Gasteiger partial charge on any atom is -0.479 e. The van der Waals surface area contributed by atoms with Crippen molar-refractivity contribution in [3.8, 4) is 0 Å². The molecule has 154 valence electrons. The zero-order valence-electron chi connectivity index (χ0n) is 16.2. The second kappa shape index (κ2) is 5.67. The van der Waals surface area contributed by atoms with E-state index in [0.717, 1.165) is 0 Å². The maximum atomic E-state index is 15.3. The average Bonchev–Trinajstić information content (AvgIpc) is 2.81. The van der Waals surface area contributed by atoms with Crippen molar-refractivity contribution in [2.75, 3.05) is 0 Å². The summed E-state index contributed by atoms with van der Waals surface area (Å²) < 4.78 is 15.3. The van der Waals surface area contributed by atoms with Crippen molar-refractivity contribution in [2.45, 2.75) is 62.8 Å². The number of fused-ring (bicyclic) bond motifs is 5. The van der Waals surface area contributed by atoms with Crippen molar-refractivity contribution in [3.05, 3.63) is 23.8 Å². The number of hydrogen-bond acceptors (Lipinski definition) is 4. The molecule has 0 aromatic rings. The molecule has 0 aromatic heterocycles. The first-order valence-electron chi connectivity index (χ1n) is 9.76. The number of ketones is 1. The lowest BCUT2D eigenvalue weighted by atomic mass is 9.45. The highest BCUT2D eigenvalue weighted by Crippen LogP contribution is 2.71. The Morgan fingerprint density at radius 2 is 1.93 bits per heavy atom. The SMILES string of the molecule is CC1CC2C3C[C@H](F)C4=CC(=O)C=C[C@]4(C)[C@@]3(Cl)[C@@H](O)C[C@]2(C)[C@@]1(O)C(=O)O. The quantitative estimate of drug-likeness (QED) is 0.575. The molecule has 0 heterocycles. The number of aliphatic hydroxyl groups is 2. The number of aliphatic carboxylic acids is 1. The van der Waals surface area contributed by atoms with Gasteiger partial charge in [-0.05, 0) is 54.7 Å². The van der Waals surface area contributed by atoms with E-state index in [1.807, 2.05) is 0 Å². The van der Waals surface area contributed by atoms with Gasteiger partial charge in [0.1, 0.15) is 6.17 Å². The van der Waals surface area contributed by atoms with Crippen molar-refractivity contribution in [1.82, 2.24) is 0 Å². The van der Waals surface area contributed by atoms with Crippen LogP contribution in [-0.4, -0.2) is 49.8 Å². The van der Waals surface area contributed by atoms with Crippen LogP contribution in [0.3, 0.4) is 0 Å². The predicted molar refractivity (Wildman–Crippen MR) is 101 cm³/mol. The lowest BCUT2D eigenvalue weighted by molar-refractivity contribution is -0.195. The standard InChI is InChI=1S/C21H26ClFO5/c1-10-6-12-13-8-15(23)14-7-11(24)4-5-18(14,2)20(13,22)16(25)9-19(12,3)21(10,28)17(26)27/h4-5,7,10,12-13,15-16,25,28H,6,8-9H2,1-3H3,(H,26,27)/t10?,12?,13?,15-,16-,18-,19-,20-,21-/m0/s1. The summed E-state index contributed by atoms with van der Waals surface area (Å²) in [7, 11) is 0. The molecule has 3 fully saturated rings. The molecule has 3 unspecified atom stereocenters. The van der Waals surface area contributed by atoms with Crippen molar-refractivity contribution in [1.29, 1.82) is 0 Å². The third-order valence-corrected chi connectivity index (χ3v) is 9.46. The van der Waals surface area contributed by atoms with Crippen LogP contribution in [0.1, 0.15) is 40.0 Å². The zero-order valence-corrected chi connectivity index (χ0v) is 16.9. The normalized spacial score (nSPS) is 55.2. The maximum Gasteiger partial charge on any atom is 0.336 e. The van der Waals surface area contributed by atoms with E-state index in [1.165, 1.54) is 12.2 Å². The molecule has 4 aliphatic rings. The molecular formula is C21H26ClFO5. The number of halogens is 2. The second-order valence-corrected chi connectivity index (χ2v) is 10.2. The molecule has 0 spiro atoms. The molecule has 0 radical (unpaired) electrons. The fourth-order valence-electron chi connectivity index (χ4n) is 7.00. The van der Waals surface area contributed by atoms with E-state index in [4.69, 9.17) is 11.6 Å². The number of aliphatic hydroxyl groups excluding tert-OH is 1. The van der Waals surface area contributed by atoms with Crippen molar-refractivity contribution >= 4 is 23.4 Å². The first-order chi connectivity index (χ1) is 12.8. The van der Waals surface area contributed by atoms with Gasteiger partial charge in [-0.2, -0.15) is 0 Å². The highest BCUT2D eigenvalue weighted by Gasteiger charge is 2.75. The molecule has 9 atom stereocenters. The summed E-state index contributed by atoms with van der Waals surface area (Å²) in [5.74, 6) is -3.10. The lowest BCUT2D eigenvalue weighted by Crippen LogP contribution is -2.70. The summed E-state index contributed by atoms with van der Waals surface area (Å²) in [5.41, 5.74) is -3.95. The van der Waals surface area contributed by atoms with Crippen LogP contribution >= 0.6 is 11.6 Å². The fourth-order valence-corrected chi connectivity index (χ4v) is 7.49. The van der Waals surface area contributed by atoms with Gasteiger partial charge < -0.3 is 15.3 Å². The van der Waals surface area contributed by atoms with E-state index >= 15 is 4.39 Å². The molecule has 0 bridgehead atoms. The van der Waals surface area contributed by atoms with Gasteiger partial charge in [-0.1, -0.05) is 26.8 Å². The van der Waals surface area contributed by atoms with E-state index in [1.54, 1.807) is 26.8 Å². The maximum absolute atomic E-state index is 15.3. The van der Waals surface area contributed by atoms with E-state index in [-0.39, 0.29) is 30.1 Å². The number of alkyl halides is 2. The predicted octanol–water partition coefficient (Wildman–Crippen LogP) is 2.64. The summed E-state index contributed by atoms with van der Waals surface area (Å²) in [6.45, 7) is 5.10. The zero-order chi connectivity index (χ0) is 20.9. The van der Waals surface area contributed by atoms with Crippen LogP contribution in [0.15, 0.2) is 23.8 Å². The van der Waals surface area contributed by atoms with Crippen LogP contribution in [0.4, 0.5) is 4.39 Å². The Bertz CT molecular complexity index is 826. The number of hydrogen-bond donors (Lipinski definition) is 3. The van der Waals surface area contributed by atoms with Gasteiger partial charge in [0.25, 0.3) is 0 Å². The van der Waals surface area contributed by atoms with Gasteiger partial charge in [-0.25, -0.2) is 9.18 Å². The molecule has 0 aliphatic heterocycles. The molecule has 0 amide bonds. The van der Waals surface area contributed by atoms with E-state index in [2.05, 4.69) is 0 Å². The third-order valence-electron chi connectivity index (χ3n) is 8.54. The Hall–Kier alpha value is -1.24. The van der Waals surface area contributed by atoms with Crippen molar-refractivity contribution < 1.29 is 29.3 Å². The molecular weight excluding hydrogens is 387 g/mol. The highest BCUT2D eigenvalue weighted by atomic mass is 35.5. The number of carboxylic acid groups (broad SMARTS) is 1. The monoisotopic (exact) mass is 412 g/mol. The molecule has 5 nitrogen and oxygen atoms in total. The largest absolute Gasteiger partial charge is 0.479 e. The van der Waals surface area contributed by atoms with Crippen LogP contribution in [-0.2, 0) is 9.59 Å². The molecule has 7 heteroatoms. The number of carboxylic acids is 1. The molecule has 28 heavy (non-hydrogen) atoms. The smallest absolute Gasteiger partial charge is 0.336 e. The Morgan fingerprint density at radius 1 is 1.29 bits per heavy atom. The summed E-state index contributed by atoms with van der Waals surface area (Å²) in [4.78, 5) is 22.6. The van der Waals surface area contributed by atoms with Gasteiger partial charge in [-0.3, -0.25) is 4.79 Å². The molecule has 4 aliphatic carbocycles. The van der Waals surface area contributed by atoms with Gasteiger partial charge in [0.2, 0.25) is 0 Å². The second-order valence-electron chi connectivity index (χ2n) is 9.57.